The van der Waals surface area contributed by atoms with Gasteiger partial charge in [-0.2, -0.15) is 0 Å². The minimum absolute atomic E-state index is 0.119. The highest BCUT2D eigenvalue weighted by Gasteiger charge is 2.21. The Kier molecular flexibility index (Phi) is 3.72. The van der Waals surface area contributed by atoms with E-state index in [2.05, 4.69) is 4.98 Å². The summed E-state index contributed by atoms with van der Waals surface area (Å²) in [6.45, 7) is 1.42. The van der Waals surface area contributed by atoms with E-state index in [-0.39, 0.29) is 5.92 Å². The summed E-state index contributed by atoms with van der Waals surface area (Å²) in [5.74, 6) is 1.42. The molecule has 2 heterocycles. The van der Waals surface area contributed by atoms with Gasteiger partial charge in [-0.3, -0.25) is 4.79 Å². The summed E-state index contributed by atoms with van der Waals surface area (Å²) in [6.07, 6.45) is 6.99. The van der Waals surface area contributed by atoms with E-state index in [1.807, 2.05) is 17.8 Å². The SMILES string of the molecule is Cn1ccnc1CCC(=O)C1CCCOC1. The Hall–Kier alpha value is -1.16. The normalized spacial score (nSPS) is 20.9. The van der Waals surface area contributed by atoms with Crippen LogP contribution in [0.15, 0.2) is 12.4 Å². The van der Waals surface area contributed by atoms with Crippen LogP contribution >= 0.6 is 0 Å². The first-order valence-electron chi connectivity index (χ1n) is 5.84. The van der Waals surface area contributed by atoms with Gasteiger partial charge in [0.2, 0.25) is 0 Å². The molecule has 0 radical (unpaired) electrons. The molecule has 1 fully saturated rings. The number of hydrogen-bond donors (Lipinski definition) is 0. The number of aromatic nitrogens is 2. The van der Waals surface area contributed by atoms with E-state index < -0.39 is 0 Å². The number of Topliss-reactive ketones (excluding diaryl/α,β-unsaturated/α-hetero) is 1. The molecule has 0 saturated carbocycles. The van der Waals surface area contributed by atoms with Crippen molar-refractivity contribution in [2.75, 3.05) is 13.2 Å². The van der Waals surface area contributed by atoms with Crippen molar-refractivity contribution in [1.82, 2.24) is 9.55 Å². The molecule has 4 heteroatoms. The van der Waals surface area contributed by atoms with Crippen LogP contribution in [0, 0.1) is 5.92 Å². The van der Waals surface area contributed by atoms with Crippen molar-refractivity contribution in [2.45, 2.75) is 25.7 Å². The summed E-state index contributed by atoms with van der Waals surface area (Å²) >= 11 is 0. The van der Waals surface area contributed by atoms with Gasteiger partial charge < -0.3 is 9.30 Å². The van der Waals surface area contributed by atoms with Gasteiger partial charge in [0.05, 0.1) is 6.61 Å². The van der Waals surface area contributed by atoms with E-state index in [0.29, 0.717) is 18.8 Å². The fraction of sp³-hybridized carbons (Fsp3) is 0.667. The zero-order valence-corrected chi connectivity index (χ0v) is 9.69. The van der Waals surface area contributed by atoms with Crippen LogP contribution in [0.1, 0.15) is 25.1 Å². The Labute approximate surface area is 95.6 Å². The van der Waals surface area contributed by atoms with Crippen LogP contribution in [0.5, 0.6) is 0 Å². The first-order valence-corrected chi connectivity index (χ1v) is 5.84. The van der Waals surface area contributed by atoms with Crippen molar-refractivity contribution in [2.24, 2.45) is 13.0 Å². The lowest BCUT2D eigenvalue weighted by Crippen LogP contribution is -2.25. The fourth-order valence-electron chi connectivity index (χ4n) is 2.07. The fourth-order valence-corrected chi connectivity index (χ4v) is 2.07. The third-order valence-corrected chi connectivity index (χ3v) is 3.13. The largest absolute Gasteiger partial charge is 0.381 e. The first kappa shape index (κ1) is 11.3. The summed E-state index contributed by atoms with van der Waals surface area (Å²) in [4.78, 5) is 16.1. The van der Waals surface area contributed by atoms with E-state index in [0.717, 1.165) is 31.7 Å². The maximum Gasteiger partial charge on any atom is 0.138 e. The molecule has 0 amide bonds. The number of aryl methyl sites for hydroxylation is 2. The highest BCUT2D eigenvalue weighted by molar-refractivity contribution is 5.81. The van der Waals surface area contributed by atoms with Gasteiger partial charge in [0, 0.05) is 44.8 Å². The third-order valence-electron chi connectivity index (χ3n) is 3.13. The number of imidazole rings is 1. The molecule has 0 bridgehead atoms. The number of rotatable bonds is 4. The van der Waals surface area contributed by atoms with Crippen LogP contribution < -0.4 is 0 Å². The van der Waals surface area contributed by atoms with Gasteiger partial charge in [-0.1, -0.05) is 0 Å². The van der Waals surface area contributed by atoms with Gasteiger partial charge in [0.15, 0.2) is 0 Å². The standard InChI is InChI=1S/C12H18N2O2/c1-14-7-6-13-12(14)5-4-11(15)10-3-2-8-16-9-10/h6-7,10H,2-5,8-9H2,1H3. The molecule has 4 nitrogen and oxygen atoms in total. The number of carbonyl (C=O) groups excluding carboxylic acids is 1. The second kappa shape index (κ2) is 5.25. The van der Waals surface area contributed by atoms with Gasteiger partial charge in [-0.05, 0) is 12.8 Å². The molecule has 0 N–H and O–H groups in total. The molecule has 2 rings (SSSR count). The smallest absolute Gasteiger partial charge is 0.138 e. The topological polar surface area (TPSA) is 44.1 Å². The van der Waals surface area contributed by atoms with Gasteiger partial charge >= 0.3 is 0 Å². The van der Waals surface area contributed by atoms with E-state index in [1.54, 1.807) is 6.20 Å². The van der Waals surface area contributed by atoms with Crippen LogP contribution in [-0.2, 0) is 23.0 Å². The average Bonchev–Trinajstić information content (AvgIpc) is 2.73. The molecule has 1 atom stereocenters. The summed E-state index contributed by atoms with van der Waals surface area (Å²) < 4.78 is 7.29. The lowest BCUT2D eigenvalue weighted by molar-refractivity contribution is -0.126. The lowest BCUT2D eigenvalue weighted by Gasteiger charge is -2.20. The second-order valence-electron chi connectivity index (χ2n) is 4.33. The molecule has 0 aromatic carbocycles. The van der Waals surface area contributed by atoms with E-state index in [9.17, 15) is 4.79 Å². The Morgan fingerprint density at radius 1 is 1.69 bits per heavy atom. The third kappa shape index (κ3) is 2.70. The molecule has 1 aliphatic heterocycles. The number of carbonyl (C=O) groups is 1. The van der Waals surface area contributed by atoms with E-state index in [1.165, 1.54) is 0 Å². The van der Waals surface area contributed by atoms with Crippen LogP contribution in [0.2, 0.25) is 0 Å². The minimum atomic E-state index is 0.119. The first-order chi connectivity index (χ1) is 7.77. The van der Waals surface area contributed by atoms with Gasteiger partial charge in [-0.15, -0.1) is 0 Å². The van der Waals surface area contributed by atoms with Crippen molar-refractivity contribution < 1.29 is 9.53 Å². The van der Waals surface area contributed by atoms with Crippen molar-refractivity contribution >= 4 is 5.78 Å². The van der Waals surface area contributed by atoms with E-state index >= 15 is 0 Å². The predicted molar refractivity (Wildman–Crippen MR) is 60.1 cm³/mol. The predicted octanol–water partition coefficient (Wildman–Crippen LogP) is 1.35. The molecule has 1 aliphatic rings. The Bertz CT molecular complexity index is 354. The number of ether oxygens (including phenoxy) is 1. The zero-order valence-electron chi connectivity index (χ0n) is 9.69. The number of hydrogen-bond acceptors (Lipinski definition) is 3. The molecule has 16 heavy (non-hydrogen) atoms. The molecule has 1 saturated heterocycles. The molecule has 1 aromatic rings. The maximum absolute atomic E-state index is 11.9. The Morgan fingerprint density at radius 2 is 2.56 bits per heavy atom. The maximum atomic E-state index is 11.9. The van der Waals surface area contributed by atoms with Crippen LogP contribution in [0.4, 0.5) is 0 Å². The van der Waals surface area contributed by atoms with Gasteiger partial charge in [0.1, 0.15) is 11.6 Å². The van der Waals surface area contributed by atoms with Crippen LogP contribution in [-0.4, -0.2) is 28.5 Å². The molecule has 0 spiro atoms. The van der Waals surface area contributed by atoms with Crippen molar-refractivity contribution in [1.29, 1.82) is 0 Å². The summed E-state index contributed by atoms with van der Waals surface area (Å²) in [5, 5.41) is 0. The lowest BCUT2D eigenvalue weighted by atomic mass is 9.94. The van der Waals surface area contributed by atoms with E-state index in [4.69, 9.17) is 4.74 Å². The number of ketones is 1. The monoisotopic (exact) mass is 222 g/mol. The van der Waals surface area contributed by atoms with Crippen LogP contribution in [0.3, 0.4) is 0 Å². The number of nitrogens with zero attached hydrogens (tertiary/aromatic N) is 2. The van der Waals surface area contributed by atoms with Crippen molar-refractivity contribution in [3.05, 3.63) is 18.2 Å². The van der Waals surface area contributed by atoms with Gasteiger partial charge in [0.25, 0.3) is 0 Å². The highest BCUT2D eigenvalue weighted by Crippen LogP contribution is 2.16. The summed E-state index contributed by atoms with van der Waals surface area (Å²) in [5.41, 5.74) is 0. The van der Waals surface area contributed by atoms with Crippen molar-refractivity contribution in [3.8, 4) is 0 Å². The minimum Gasteiger partial charge on any atom is -0.381 e. The van der Waals surface area contributed by atoms with Crippen molar-refractivity contribution in [3.63, 3.8) is 0 Å². The molecular formula is C12H18N2O2. The van der Waals surface area contributed by atoms with Gasteiger partial charge in [-0.25, -0.2) is 4.98 Å². The molecule has 1 unspecified atom stereocenters. The molecule has 0 aliphatic carbocycles. The molecule has 1 aromatic heterocycles. The quantitative estimate of drug-likeness (QED) is 0.772. The molecule has 88 valence electrons. The average molecular weight is 222 g/mol. The molecular weight excluding hydrogens is 204 g/mol. The summed E-state index contributed by atoms with van der Waals surface area (Å²) in [6, 6.07) is 0. The Balaban J connectivity index is 1.81. The Morgan fingerprint density at radius 3 is 3.19 bits per heavy atom. The highest BCUT2D eigenvalue weighted by atomic mass is 16.5. The second-order valence-corrected chi connectivity index (χ2v) is 4.33. The zero-order chi connectivity index (χ0) is 11.4. The summed E-state index contributed by atoms with van der Waals surface area (Å²) in [7, 11) is 1.95. The van der Waals surface area contributed by atoms with Crippen LogP contribution in [0.25, 0.3) is 0 Å².